The van der Waals surface area contributed by atoms with Crippen LogP contribution in [0.4, 0.5) is 0 Å². The van der Waals surface area contributed by atoms with Gasteiger partial charge in [-0.15, -0.1) is 11.3 Å². The standard InChI is InChI=1S/C12H19OPS2/c1-3-5-9-12(8-4-2,13-14-15)11-7-6-10-16-11/h6-7,10H,3-5,8-9H2,1-2H3. The van der Waals surface area contributed by atoms with E-state index in [1.807, 2.05) is 0 Å². The highest BCUT2D eigenvalue weighted by atomic mass is 32.4. The molecule has 1 aromatic heterocycles. The second-order valence-corrected chi connectivity index (χ2v) is 5.72. The van der Waals surface area contributed by atoms with Gasteiger partial charge >= 0.3 is 0 Å². The molecule has 0 aliphatic heterocycles. The lowest BCUT2D eigenvalue weighted by Crippen LogP contribution is -2.25. The average Bonchev–Trinajstić information content (AvgIpc) is 2.80. The smallest absolute Gasteiger partial charge is 0.137 e. The lowest BCUT2D eigenvalue weighted by molar-refractivity contribution is 0.0698. The minimum Gasteiger partial charge on any atom is -0.305 e. The van der Waals surface area contributed by atoms with Crippen LogP contribution in [0.1, 0.15) is 50.8 Å². The third-order valence-electron chi connectivity index (χ3n) is 2.77. The van der Waals surface area contributed by atoms with Gasteiger partial charge in [-0.2, -0.15) is 0 Å². The van der Waals surface area contributed by atoms with Gasteiger partial charge in [0.2, 0.25) is 0 Å². The largest absolute Gasteiger partial charge is 0.305 e. The number of rotatable bonds is 8. The van der Waals surface area contributed by atoms with Gasteiger partial charge in [-0.3, -0.25) is 0 Å². The van der Waals surface area contributed by atoms with Crippen LogP contribution in [0.25, 0.3) is 0 Å². The highest BCUT2D eigenvalue weighted by molar-refractivity contribution is 7.94. The predicted octanol–water partition coefficient (Wildman–Crippen LogP) is 5.27. The molecule has 1 aromatic rings. The zero-order valence-corrected chi connectivity index (χ0v) is 12.5. The van der Waals surface area contributed by atoms with Gasteiger partial charge < -0.3 is 4.52 Å². The van der Waals surface area contributed by atoms with Gasteiger partial charge in [-0.1, -0.05) is 39.2 Å². The first-order valence-electron chi connectivity index (χ1n) is 5.84. The first kappa shape index (κ1) is 14.2. The van der Waals surface area contributed by atoms with Crippen molar-refractivity contribution in [3.05, 3.63) is 22.4 Å². The van der Waals surface area contributed by atoms with E-state index in [9.17, 15) is 0 Å². The Balaban J connectivity index is 2.90. The van der Waals surface area contributed by atoms with Crippen LogP contribution < -0.4 is 0 Å². The molecule has 0 aliphatic rings. The Morgan fingerprint density at radius 2 is 2.19 bits per heavy atom. The molecule has 90 valence electrons. The van der Waals surface area contributed by atoms with E-state index in [0.717, 1.165) is 19.3 Å². The van der Waals surface area contributed by atoms with Crippen LogP contribution >= 0.6 is 18.9 Å². The summed E-state index contributed by atoms with van der Waals surface area (Å²) in [6.07, 6.45) is 5.68. The van der Waals surface area contributed by atoms with Crippen molar-refractivity contribution in [1.82, 2.24) is 0 Å². The summed E-state index contributed by atoms with van der Waals surface area (Å²) in [7, 11) is 0.623. The van der Waals surface area contributed by atoms with Crippen molar-refractivity contribution >= 4 is 30.7 Å². The van der Waals surface area contributed by atoms with Crippen LogP contribution in [-0.2, 0) is 21.9 Å². The fourth-order valence-corrected chi connectivity index (χ4v) is 3.82. The Labute approximate surface area is 109 Å². The van der Waals surface area contributed by atoms with Crippen molar-refractivity contribution in [1.29, 1.82) is 0 Å². The maximum absolute atomic E-state index is 5.91. The van der Waals surface area contributed by atoms with Gasteiger partial charge in [0.1, 0.15) is 13.2 Å². The topological polar surface area (TPSA) is 9.23 Å². The SMILES string of the molecule is CCCCC(CCC)(OP=S)c1cccs1. The highest BCUT2D eigenvalue weighted by Crippen LogP contribution is 2.41. The fraction of sp³-hybridized carbons (Fsp3) is 0.667. The quantitative estimate of drug-likeness (QED) is 0.597. The van der Waals surface area contributed by atoms with Crippen molar-refractivity contribution < 1.29 is 4.52 Å². The van der Waals surface area contributed by atoms with Crippen molar-refractivity contribution in [2.45, 2.75) is 51.6 Å². The van der Waals surface area contributed by atoms with Gasteiger partial charge in [-0.25, -0.2) is 0 Å². The maximum atomic E-state index is 5.91. The molecule has 0 radical (unpaired) electrons. The van der Waals surface area contributed by atoms with E-state index >= 15 is 0 Å². The van der Waals surface area contributed by atoms with E-state index in [1.54, 1.807) is 11.3 Å². The van der Waals surface area contributed by atoms with Crippen molar-refractivity contribution in [3.8, 4) is 0 Å². The van der Waals surface area contributed by atoms with E-state index in [4.69, 9.17) is 16.3 Å². The minimum absolute atomic E-state index is 0.123. The third kappa shape index (κ3) is 3.59. The molecule has 1 rings (SSSR count). The van der Waals surface area contributed by atoms with E-state index in [-0.39, 0.29) is 5.60 Å². The molecular formula is C12H19OPS2. The molecule has 0 aliphatic carbocycles. The van der Waals surface area contributed by atoms with Gasteiger partial charge in [0, 0.05) is 4.88 Å². The summed E-state index contributed by atoms with van der Waals surface area (Å²) in [6, 6.07) is 4.27. The second-order valence-electron chi connectivity index (χ2n) is 3.99. The van der Waals surface area contributed by atoms with E-state index in [0.29, 0.717) is 7.58 Å². The Bertz CT molecular complexity index is 300. The van der Waals surface area contributed by atoms with Crippen LogP contribution in [0.5, 0.6) is 0 Å². The molecule has 0 N–H and O–H groups in total. The average molecular weight is 274 g/mol. The van der Waals surface area contributed by atoms with E-state index in [2.05, 4.69) is 31.4 Å². The summed E-state index contributed by atoms with van der Waals surface area (Å²) in [5.74, 6) is 0. The van der Waals surface area contributed by atoms with E-state index in [1.165, 1.54) is 17.7 Å². The number of hydrogen-bond acceptors (Lipinski definition) is 3. The van der Waals surface area contributed by atoms with Crippen molar-refractivity contribution in [2.24, 2.45) is 0 Å². The normalized spacial score (nSPS) is 15.1. The van der Waals surface area contributed by atoms with Gasteiger partial charge in [0.05, 0.1) is 0 Å². The summed E-state index contributed by atoms with van der Waals surface area (Å²) in [6.45, 7) is 4.43. The van der Waals surface area contributed by atoms with Crippen LogP contribution in [0, 0.1) is 0 Å². The Morgan fingerprint density at radius 3 is 2.69 bits per heavy atom. The molecule has 0 amide bonds. The van der Waals surface area contributed by atoms with Crippen LogP contribution in [-0.4, -0.2) is 0 Å². The first-order valence-corrected chi connectivity index (χ1v) is 8.54. The minimum atomic E-state index is -0.123. The van der Waals surface area contributed by atoms with Crippen LogP contribution in [0.15, 0.2) is 17.5 Å². The lowest BCUT2D eigenvalue weighted by atomic mass is 9.90. The number of unbranched alkanes of at least 4 members (excludes halogenated alkanes) is 1. The predicted molar refractivity (Wildman–Crippen MR) is 75.8 cm³/mol. The number of thiophene rings is 1. The molecule has 1 nitrogen and oxygen atoms in total. The molecule has 4 heteroatoms. The second kappa shape index (κ2) is 7.50. The summed E-state index contributed by atoms with van der Waals surface area (Å²) in [5, 5.41) is 2.12. The third-order valence-corrected chi connectivity index (χ3v) is 4.47. The molecule has 0 saturated carbocycles. The molecule has 16 heavy (non-hydrogen) atoms. The number of hydrogen-bond donors (Lipinski definition) is 0. The van der Waals surface area contributed by atoms with Gasteiger partial charge in [0.15, 0.2) is 0 Å². The van der Waals surface area contributed by atoms with Crippen molar-refractivity contribution in [2.75, 3.05) is 0 Å². The highest BCUT2D eigenvalue weighted by Gasteiger charge is 2.32. The molecule has 0 spiro atoms. The summed E-state index contributed by atoms with van der Waals surface area (Å²) >= 11 is 6.78. The van der Waals surface area contributed by atoms with Gasteiger partial charge in [0.25, 0.3) is 0 Å². The molecule has 1 atom stereocenters. The first-order chi connectivity index (χ1) is 7.79. The van der Waals surface area contributed by atoms with Crippen LogP contribution in [0.3, 0.4) is 0 Å². The molecule has 0 fully saturated rings. The summed E-state index contributed by atoms with van der Waals surface area (Å²) in [4.78, 5) is 1.33. The monoisotopic (exact) mass is 274 g/mol. The van der Waals surface area contributed by atoms with E-state index < -0.39 is 0 Å². The maximum Gasteiger partial charge on any atom is 0.137 e. The van der Waals surface area contributed by atoms with Crippen LogP contribution in [0.2, 0.25) is 0 Å². The molecule has 0 saturated heterocycles. The Morgan fingerprint density at radius 1 is 1.38 bits per heavy atom. The summed E-state index contributed by atoms with van der Waals surface area (Å²) < 4.78 is 5.91. The molecular weight excluding hydrogens is 255 g/mol. The van der Waals surface area contributed by atoms with Crippen molar-refractivity contribution in [3.63, 3.8) is 0 Å². The molecule has 1 heterocycles. The molecule has 1 unspecified atom stereocenters. The van der Waals surface area contributed by atoms with Gasteiger partial charge in [-0.05, 0) is 36.1 Å². The Hall–Kier alpha value is 0.180. The fourth-order valence-electron chi connectivity index (χ4n) is 1.98. The zero-order chi connectivity index (χ0) is 11.9. The molecule has 0 aromatic carbocycles. The lowest BCUT2D eigenvalue weighted by Gasteiger charge is -2.30. The summed E-state index contributed by atoms with van der Waals surface area (Å²) in [5.41, 5.74) is -0.123. The molecule has 0 bridgehead atoms. The Kier molecular flexibility index (Phi) is 6.67. The zero-order valence-electron chi connectivity index (χ0n) is 9.94.